The Balaban J connectivity index is 1.83. The number of benzene rings is 2. The molecule has 4 heteroatoms. The van der Waals surface area contributed by atoms with Crippen LogP contribution >= 0.6 is 0 Å². The van der Waals surface area contributed by atoms with E-state index < -0.39 is 6.10 Å². The number of nitrogens with one attached hydrogen (secondary N) is 1. The summed E-state index contributed by atoms with van der Waals surface area (Å²) < 4.78 is 5.09. The standard InChI is InChI=1S/C19H23NO3/c1-14(18(21)12-15-6-4-3-5-7-15)20-19(22)13-16-8-10-17(23-2)11-9-16/h3-11,14,18,21H,12-13H2,1-2H3,(H,20,22). The van der Waals surface area contributed by atoms with Gasteiger partial charge in [0.2, 0.25) is 5.91 Å². The van der Waals surface area contributed by atoms with Crippen molar-refractivity contribution in [2.75, 3.05) is 7.11 Å². The molecule has 2 aromatic rings. The molecule has 0 saturated heterocycles. The number of hydrogen-bond donors (Lipinski definition) is 2. The zero-order valence-corrected chi connectivity index (χ0v) is 13.5. The zero-order chi connectivity index (χ0) is 16.7. The van der Waals surface area contributed by atoms with Crippen LogP contribution in [0.2, 0.25) is 0 Å². The van der Waals surface area contributed by atoms with Gasteiger partial charge in [0, 0.05) is 6.42 Å². The average molecular weight is 313 g/mol. The molecule has 0 radical (unpaired) electrons. The molecule has 0 bridgehead atoms. The van der Waals surface area contributed by atoms with Gasteiger partial charge in [0.1, 0.15) is 5.75 Å². The van der Waals surface area contributed by atoms with Crippen molar-refractivity contribution in [3.63, 3.8) is 0 Å². The highest BCUT2D eigenvalue weighted by molar-refractivity contribution is 5.78. The lowest BCUT2D eigenvalue weighted by molar-refractivity contribution is -0.121. The summed E-state index contributed by atoms with van der Waals surface area (Å²) in [5.74, 6) is 0.663. The highest BCUT2D eigenvalue weighted by Crippen LogP contribution is 2.12. The molecule has 23 heavy (non-hydrogen) atoms. The van der Waals surface area contributed by atoms with Gasteiger partial charge >= 0.3 is 0 Å². The number of aliphatic hydroxyl groups excluding tert-OH is 1. The molecule has 2 rings (SSSR count). The second kappa shape index (κ2) is 8.34. The minimum absolute atomic E-state index is 0.102. The van der Waals surface area contributed by atoms with Gasteiger partial charge in [-0.15, -0.1) is 0 Å². The fourth-order valence-corrected chi connectivity index (χ4v) is 2.36. The molecule has 2 unspecified atom stereocenters. The van der Waals surface area contributed by atoms with E-state index in [-0.39, 0.29) is 18.4 Å². The molecule has 4 nitrogen and oxygen atoms in total. The van der Waals surface area contributed by atoms with E-state index in [1.165, 1.54) is 0 Å². The first kappa shape index (κ1) is 17.0. The van der Waals surface area contributed by atoms with Crippen molar-refractivity contribution in [1.29, 1.82) is 0 Å². The summed E-state index contributed by atoms with van der Waals surface area (Å²) in [4.78, 5) is 12.1. The molecule has 0 saturated carbocycles. The molecule has 0 heterocycles. The smallest absolute Gasteiger partial charge is 0.224 e. The Hall–Kier alpha value is -2.33. The topological polar surface area (TPSA) is 58.6 Å². The Kier molecular flexibility index (Phi) is 6.18. The van der Waals surface area contributed by atoms with Gasteiger partial charge in [-0.05, 0) is 30.2 Å². The zero-order valence-electron chi connectivity index (χ0n) is 13.5. The van der Waals surface area contributed by atoms with Crippen LogP contribution in [0, 0.1) is 0 Å². The monoisotopic (exact) mass is 313 g/mol. The van der Waals surface area contributed by atoms with Gasteiger partial charge in [-0.25, -0.2) is 0 Å². The van der Waals surface area contributed by atoms with E-state index >= 15 is 0 Å². The van der Waals surface area contributed by atoms with Crippen molar-refractivity contribution in [2.24, 2.45) is 0 Å². The SMILES string of the molecule is COc1ccc(CC(=O)NC(C)C(O)Cc2ccccc2)cc1. The summed E-state index contributed by atoms with van der Waals surface area (Å²) in [6, 6.07) is 16.8. The van der Waals surface area contributed by atoms with Gasteiger partial charge in [0.15, 0.2) is 0 Å². The Morgan fingerprint density at radius 2 is 1.74 bits per heavy atom. The molecule has 1 amide bonds. The van der Waals surface area contributed by atoms with Gasteiger partial charge < -0.3 is 15.2 Å². The molecule has 0 spiro atoms. The van der Waals surface area contributed by atoms with Crippen LogP contribution in [0.5, 0.6) is 5.75 Å². The minimum Gasteiger partial charge on any atom is -0.497 e. The Labute approximate surface area is 137 Å². The number of methoxy groups -OCH3 is 1. The molecule has 0 aliphatic rings. The van der Waals surface area contributed by atoms with Crippen LogP contribution < -0.4 is 10.1 Å². The average Bonchev–Trinajstić information content (AvgIpc) is 2.56. The molecule has 0 aliphatic carbocycles. The van der Waals surface area contributed by atoms with Gasteiger partial charge in [-0.3, -0.25) is 4.79 Å². The molecule has 2 atom stereocenters. The molecule has 2 aromatic carbocycles. The van der Waals surface area contributed by atoms with E-state index in [9.17, 15) is 9.90 Å². The van der Waals surface area contributed by atoms with E-state index in [0.29, 0.717) is 6.42 Å². The van der Waals surface area contributed by atoms with E-state index in [4.69, 9.17) is 4.74 Å². The second-order valence-corrected chi connectivity index (χ2v) is 5.64. The summed E-state index contributed by atoms with van der Waals surface area (Å²) in [7, 11) is 1.61. The number of aliphatic hydroxyl groups is 1. The number of rotatable bonds is 7. The van der Waals surface area contributed by atoms with E-state index in [0.717, 1.165) is 16.9 Å². The Morgan fingerprint density at radius 1 is 1.09 bits per heavy atom. The lowest BCUT2D eigenvalue weighted by Gasteiger charge is -2.20. The fourth-order valence-electron chi connectivity index (χ4n) is 2.36. The van der Waals surface area contributed by atoms with Gasteiger partial charge in [-0.1, -0.05) is 42.5 Å². The maximum Gasteiger partial charge on any atom is 0.224 e. The van der Waals surface area contributed by atoms with Crippen molar-refractivity contribution < 1.29 is 14.6 Å². The minimum atomic E-state index is -0.614. The van der Waals surface area contributed by atoms with Crippen LogP contribution in [-0.4, -0.2) is 30.3 Å². The van der Waals surface area contributed by atoms with Crippen molar-refractivity contribution in [1.82, 2.24) is 5.32 Å². The summed E-state index contributed by atoms with van der Waals surface area (Å²) in [5, 5.41) is 13.1. The first-order valence-corrected chi connectivity index (χ1v) is 7.73. The number of ether oxygens (including phenoxy) is 1. The number of amides is 1. The summed E-state index contributed by atoms with van der Waals surface area (Å²) >= 11 is 0. The highest BCUT2D eigenvalue weighted by Gasteiger charge is 2.17. The van der Waals surface area contributed by atoms with Crippen LogP contribution in [0.15, 0.2) is 54.6 Å². The van der Waals surface area contributed by atoms with E-state index in [1.54, 1.807) is 7.11 Å². The van der Waals surface area contributed by atoms with Gasteiger partial charge in [0.05, 0.1) is 25.7 Å². The summed E-state index contributed by atoms with van der Waals surface area (Å²) in [5.41, 5.74) is 1.96. The second-order valence-electron chi connectivity index (χ2n) is 5.64. The first-order valence-electron chi connectivity index (χ1n) is 7.73. The molecule has 0 aliphatic heterocycles. The molecule has 2 N–H and O–H groups in total. The first-order chi connectivity index (χ1) is 11.1. The Bertz CT molecular complexity index is 610. The molecule has 122 valence electrons. The van der Waals surface area contributed by atoms with Crippen LogP contribution in [0.4, 0.5) is 0 Å². The van der Waals surface area contributed by atoms with Crippen LogP contribution in [0.1, 0.15) is 18.1 Å². The van der Waals surface area contributed by atoms with Crippen LogP contribution in [0.25, 0.3) is 0 Å². The molecular formula is C19H23NO3. The number of carbonyl (C=O) groups excluding carboxylic acids is 1. The van der Waals surface area contributed by atoms with E-state index in [2.05, 4.69) is 5.32 Å². The summed E-state index contributed by atoms with van der Waals surface area (Å²) in [6.45, 7) is 1.82. The summed E-state index contributed by atoms with van der Waals surface area (Å²) in [6.07, 6.45) is 0.189. The van der Waals surface area contributed by atoms with Crippen molar-refractivity contribution in [3.8, 4) is 5.75 Å². The third kappa shape index (κ3) is 5.42. The highest BCUT2D eigenvalue weighted by atomic mass is 16.5. The molecule has 0 aromatic heterocycles. The van der Waals surface area contributed by atoms with Gasteiger partial charge in [0.25, 0.3) is 0 Å². The lowest BCUT2D eigenvalue weighted by atomic mass is 10.0. The quantitative estimate of drug-likeness (QED) is 0.825. The largest absolute Gasteiger partial charge is 0.497 e. The lowest BCUT2D eigenvalue weighted by Crippen LogP contribution is -2.42. The fraction of sp³-hybridized carbons (Fsp3) is 0.316. The normalized spacial score (nSPS) is 13.2. The van der Waals surface area contributed by atoms with Crippen molar-refractivity contribution >= 4 is 5.91 Å². The predicted molar refractivity (Wildman–Crippen MR) is 90.5 cm³/mol. The van der Waals surface area contributed by atoms with E-state index in [1.807, 2.05) is 61.5 Å². The van der Waals surface area contributed by atoms with Gasteiger partial charge in [-0.2, -0.15) is 0 Å². The Morgan fingerprint density at radius 3 is 2.35 bits per heavy atom. The number of hydrogen-bond acceptors (Lipinski definition) is 3. The van der Waals surface area contributed by atoms with Crippen LogP contribution in [0.3, 0.4) is 0 Å². The van der Waals surface area contributed by atoms with Crippen LogP contribution in [-0.2, 0) is 17.6 Å². The number of carbonyl (C=O) groups is 1. The third-order valence-electron chi connectivity index (χ3n) is 3.78. The van der Waals surface area contributed by atoms with Crippen molar-refractivity contribution in [2.45, 2.75) is 31.9 Å². The molecule has 0 fully saturated rings. The third-order valence-corrected chi connectivity index (χ3v) is 3.78. The van der Waals surface area contributed by atoms with Crippen molar-refractivity contribution in [3.05, 3.63) is 65.7 Å². The predicted octanol–water partition coefficient (Wildman–Crippen LogP) is 2.35. The maximum atomic E-state index is 12.1. The maximum absolute atomic E-state index is 12.1. The molecular weight excluding hydrogens is 290 g/mol.